The highest BCUT2D eigenvalue weighted by Crippen LogP contribution is 2.42. The molecule has 4 N–H and O–H groups in total. The molecule has 38 heavy (non-hydrogen) atoms. The lowest BCUT2D eigenvalue weighted by Gasteiger charge is -2.15. The Labute approximate surface area is 245 Å². The van der Waals surface area contributed by atoms with Crippen LogP contribution in [0.3, 0.4) is 0 Å². The Morgan fingerprint density at radius 3 is 1.89 bits per heavy atom. The van der Waals surface area contributed by atoms with Gasteiger partial charge in [0.05, 0.1) is 52.7 Å². The van der Waals surface area contributed by atoms with E-state index < -0.39 is 45.2 Å². The molecule has 0 aliphatic heterocycles. The first-order valence-electron chi connectivity index (χ1n) is 10.3. The van der Waals surface area contributed by atoms with Crippen molar-refractivity contribution in [3.05, 3.63) is 84.3 Å². The minimum absolute atomic E-state index is 0.0254. The molecule has 0 radical (unpaired) electrons. The standard InChI is InChI=1S/C24H15Cl5N2O6S/c1-9(21(32)31-14-8-10(23(34)35)2-7-13(14)25)38-12-5-3-11(4-6-12)30-22(33)15-16(24(36)37)18(27)20(29)19(28)17(15)26/h2-9H,1H3,(H,30,33)(H,31,32)(H,34,35)(H,36,37). The summed E-state index contributed by atoms with van der Waals surface area (Å²) >= 11 is 31.3. The summed E-state index contributed by atoms with van der Waals surface area (Å²) in [7, 11) is 0. The van der Waals surface area contributed by atoms with E-state index in [-0.39, 0.29) is 31.3 Å². The molecule has 0 spiro atoms. The quantitative estimate of drug-likeness (QED) is 0.113. The Morgan fingerprint density at radius 1 is 0.763 bits per heavy atom. The van der Waals surface area contributed by atoms with E-state index >= 15 is 0 Å². The Kier molecular flexibility index (Phi) is 9.80. The summed E-state index contributed by atoms with van der Waals surface area (Å²) in [6.45, 7) is 1.65. The Hall–Kier alpha value is -2.66. The summed E-state index contributed by atoms with van der Waals surface area (Å²) < 4.78 is 0. The van der Waals surface area contributed by atoms with Crippen LogP contribution in [0.2, 0.25) is 25.1 Å². The predicted octanol–water partition coefficient (Wildman–Crippen LogP) is 7.72. The average molecular weight is 637 g/mol. The van der Waals surface area contributed by atoms with Crippen LogP contribution in [-0.4, -0.2) is 39.2 Å². The number of carboxylic acid groups (broad SMARTS) is 2. The van der Waals surface area contributed by atoms with Crippen molar-refractivity contribution in [2.45, 2.75) is 17.1 Å². The van der Waals surface area contributed by atoms with Gasteiger partial charge in [-0.05, 0) is 49.4 Å². The number of benzene rings is 3. The first-order chi connectivity index (χ1) is 17.8. The molecule has 0 aromatic heterocycles. The number of thioether (sulfide) groups is 1. The Bertz CT molecular complexity index is 1470. The normalized spacial score (nSPS) is 11.5. The van der Waals surface area contributed by atoms with E-state index in [1.165, 1.54) is 42.1 Å². The first kappa shape index (κ1) is 29.9. The molecular weight excluding hydrogens is 622 g/mol. The van der Waals surface area contributed by atoms with Gasteiger partial charge in [0.2, 0.25) is 5.91 Å². The van der Waals surface area contributed by atoms with Crippen molar-refractivity contribution >= 4 is 105 Å². The maximum Gasteiger partial charge on any atom is 0.338 e. The van der Waals surface area contributed by atoms with Crippen LogP contribution >= 0.6 is 69.8 Å². The minimum atomic E-state index is -1.52. The largest absolute Gasteiger partial charge is 0.478 e. The highest BCUT2D eigenvalue weighted by molar-refractivity contribution is 8.00. The van der Waals surface area contributed by atoms with Crippen LogP contribution in [0.5, 0.6) is 0 Å². The summed E-state index contributed by atoms with van der Waals surface area (Å²) in [4.78, 5) is 49.0. The van der Waals surface area contributed by atoms with Gasteiger partial charge in [0.1, 0.15) is 0 Å². The molecule has 14 heteroatoms. The molecular formula is C24H15Cl5N2O6S. The van der Waals surface area contributed by atoms with Gasteiger partial charge in [0.25, 0.3) is 5.91 Å². The van der Waals surface area contributed by atoms with Gasteiger partial charge in [0.15, 0.2) is 0 Å². The monoisotopic (exact) mass is 634 g/mol. The van der Waals surface area contributed by atoms with Crippen LogP contribution in [0.25, 0.3) is 0 Å². The van der Waals surface area contributed by atoms with Gasteiger partial charge in [-0.1, -0.05) is 58.0 Å². The molecule has 0 saturated carbocycles. The van der Waals surface area contributed by atoms with Gasteiger partial charge in [-0.25, -0.2) is 9.59 Å². The van der Waals surface area contributed by atoms with Crippen LogP contribution in [0, 0.1) is 0 Å². The van der Waals surface area contributed by atoms with Gasteiger partial charge in [-0.15, -0.1) is 11.8 Å². The minimum Gasteiger partial charge on any atom is -0.478 e. The first-order valence-corrected chi connectivity index (χ1v) is 13.1. The summed E-state index contributed by atoms with van der Waals surface area (Å²) in [6, 6.07) is 10.3. The highest BCUT2D eigenvalue weighted by atomic mass is 35.5. The number of carboxylic acids is 2. The zero-order valence-electron chi connectivity index (χ0n) is 18.9. The Morgan fingerprint density at radius 2 is 1.34 bits per heavy atom. The molecule has 3 rings (SSSR count). The number of anilines is 2. The summed E-state index contributed by atoms with van der Waals surface area (Å²) in [5.74, 6) is -3.96. The van der Waals surface area contributed by atoms with Crippen molar-refractivity contribution in [1.82, 2.24) is 0 Å². The van der Waals surface area contributed by atoms with Crippen LogP contribution < -0.4 is 10.6 Å². The average Bonchev–Trinajstić information content (AvgIpc) is 2.86. The molecule has 8 nitrogen and oxygen atoms in total. The molecule has 198 valence electrons. The van der Waals surface area contributed by atoms with Crippen LogP contribution in [-0.2, 0) is 4.79 Å². The number of amides is 2. The van der Waals surface area contributed by atoms with Gasteiger partial charge in [0, 0.05) is 10.6 Å². The molecule has 0 aliphatic carbocycles. The van der Waals surface area contributed by atoms with Crippen LogP contribution in [0.1, 0.15) is 38.0 Å². The lowest BCUT2D eigenvalue weighted by Crippen LogP contribution is -2.22. The third kappa shape index (κ3) is 6.66. The topological polar surface area (TPSA) is 133 Å². The summed E-state index contributed by atoms with van der Waals surface area (Å²) in [5.41, 5.74) is -0.604. The predicted molar refractivity (Wildman–Crippen MR) is 150 cm³/mol. The number of carbonyl (C=O) groups excluding carboxylic acids is 2. The number of carbonyl (C=O) groups is 4. The molecule has 3 aromatic carbocycles. The molecule has 0 saturated heterocycles. The zero-order valence-corrected chi connectivity index (χ0v) is 23.5. The van der Waals surface area contributed by atoms with Crippen molar-refractivity contribution < 1.29 is 29.4 Å². The van der Waals surface area contributed by atoms with E-state index in [9.17, 15) is 24.3 Å². The molecule has 0 aliphatic rings. The smallest absolute Gasteiger partial charge is 0.338 e. The van der Waals surface area contributed by atoms with E-state index in [0.717, 1.165) is 0 Å². The fourth-order valence-corrected chi connectivity index (χ4v) is 5.15. The number of hydrogen-bond acceptors (Lipinski definition) is 5. The number of aromatic carboxylic acids is 2. The molecule has 2 amide bonds. The van der Waals surface area contributed by atoms with Gasteiger partial charge in [-0.2, -0.15) is 0 Å². The lowest BCUT2D eigenvalue weighted by molar-refractivity contribution is -0.115. The van der Waals surface area contributed by atoms with Gasteiger partial charge >= 0.3 is 11.9 Å². The van der Waals surface area contributed by atoms with Gasteiger partial charge < -0.3 is 20.8 Å². The maximum atomic E-state index is 12.9. The van der Waals surface area contributed by atoms with Crippen LogP contribution in [0.15, 0.2) is 47.4 Å². The second-order valence-corrected chi connectivity index (χ2v) is 10.9. The second-order valence-electron chi connectivity index (χ2n) is 7.54. The molecule has 0 heterocycles. The molecule has 0 bridgehead atoms. The van der Waals surface area contributed by atoms with Crippen molar-refractivity contribution in [2.24, 2.45) is 0 Å². The molecule has 1 atom stereocenters. The van der Waals surface area contributed by atoms with E-state index in [1.807, 2.05) is 0 Å². The number of hydrogen-bond donors (Lipinski definition) is 4. The Balaban J connectivity index is 1.72. The van der Waals surface area contributed by atoms with Crippen molar-refractivity contribution in [1.29, 1.82) is 0 Å². The lowest BCUT2D eigenvalue weighted by atomic mass is 10.1. The van der Waals surface area contributed by atoms with E-state index in [0.29, 0.717) is 10.6 Å². The fraction of sp³-hybridized carbons (Fsp3) is 0.0833. The maximum absolute atomic E-state index is 12.9. The van der Waals surface area contributed by atoms with Crippen molar-refractivity contribution in [2.75, 3.05) is 10.6 Å². The van der Waals surface area contributed by atoms with Gasteiger partial charge in [-0.3, -0.25) is 9.59 Å². The fourth-order valence-electron chi connectivity index (χ4n) is 3.10. The third-order valence-corrected chi connectivity index (χ3v) is 8.22. The molecule has 3 aromatic rings. The summed E-state index contributed by atoms with van der Waals surface area (Å²) in [6.07, 6.45) is 0. The number of nitrogens with one attached hydrogen (secondary N) is 2. The number of rotatable bonds is 8. The third-order valence-electron chi connectivity index (χ3n) is 4.97. The van der Waals surface area contributed by atoms with Crippen molar-refractivity contribution in [3.63, 3.8) is 0 Å². The molecule has 0 fully saturated rings. The SMILES string of the molecule is CC(Sc1ccc(NC(=O)c2c(Cl)c(Cl)c(Cl)c(Cl)c2C(=O)O)cc1)C(=O)Nc1cc(C(=O)O)ccc1Cl. The van der Waals surface area contributed by atoms with Crippen LogP contribution in [0.4, 0.5) is 11.4 Å². The van der Waals surface area contributed by atoms with E-state index in [4.69, 9.17) is 63.1 Å². The number of halogens is 5. The second kappa shape index (κ2) is 12.5. The van der Waals surface area contributed by atoms with E-state index in [2.05, 4.69) is 10.6 Å². The zero-order chi connectivity index (χ0) is 28.3. The van der Waals surface area contributed by atoms with E-state index in [1.54, 1.807) is 19.1 Å². The summed E-state index contributed by atoms with van der Waals surface area (Å²) in [5, 5.41) is 22.0. The highest BCUT2D eigenvalue weighted by Gasteiger charge is 2.29. The molecule has 1 unspecified atom stereocenters. The van der Waals surface area contributed by atoms with Crippen molar-refractivity contribution in [3.8, 4) is 0 Å².